The third-order valence-corrected chi connectivity index (χ3v) is 2.61. The molecule has 1 unspecified atom stereocenters. The van der Waals surface area contributed by atoms with Crippen molar-refractivity contribution in [1.29, 1.82) is 0 Å². The van der Waals surface area contributed by atoms with E-state index < -0.39 is 17.4 Å². The number of aliphatic carboxylic acids is 1. The predicted octanol–water partition coefficient (Wildman–Crippen LogP) is 2.22. The second kappa shape index (κ2) is 7.72. The number of ether oxygens (including phenoxy) is 1. The largest absolute Gasteiger partial charge is 0.480 e. The topological polar surface area (TPSA) is 63.6 Å². The quantitative estimate of drug-likeness (QED) is 0.421. The zero-order valence-electron chi connectivity index (χ0n) is 10.7. The summed E-state index contributed by atoms with van der Waals surface area (Å²) in [4.78, 5) is 23.2. The summed E-state index contributed by atoms with van der Waals surface area (Å²) in [5.74, 6) is 3.73. The van der Waals surface area contributed by atoms with Gasteiger partial charge in [-0.05, 0) is 26.7 Å². The molecule has 0 spiro atoms. The Morgan fingerprint density at radius 2 is 1.94 bits per heavy atom. The molecule has 0 fully saturated rings. The van der Waals surface area contributed by atoms with Crippen LogP contribution in [0, 0.1) is 17.3 Å². The first-order valence-corrected chi connectivity index (χ1v) is 5.85. The Morgan fingerprint density at radius 3 is 2.35 bits per heavy atom. The Hall–Kier alpha value is -1.50. The minimum absolute atomic E-state index is 0.192. The highest BCUT2D eigenvalue weighted by atomic mass is 16.5. The molecule has 0 saturated carbocycles. The molecule has 4 nitrogen and oxygen atoms in total. The molecule has 0 saturated heterocycles. The van der Waals surface area contributed by atoms with Crippen molar-refractivity contribution in [3.05, 3.63) is 0 Å². The SMILES string of the molecule is CC#CCCC(CCC)(C(=O)O)C(=O)OCC. The highest BCUT2D eigenvalue weighted by Gasteiger charge is 2.46. The zero-order chi connectivity index (χ0) is 13.3. The summed E-state index contributed by atoms with van der Waals surface area (Å²) >= 11 is 0. The Morgan fingerprint density at radius 1 is 1.29 bits per heavy atom. The van der Waals surface area contributed by atoms with E-state index in [0.29, 0.717) is 12.8 Å². The van der Waals surface area contributed by atoms with E-state index in [2.05, 4.69) is 11.8 Å². The summed E-state index contributed by atoms with van der Waals surface area (Å²) in [5, 5.41) is 9.30. The highest BCUT2D eigenvalue weighted by molar-refractivity contribution is 5.99. The van der Waals surface area contributed by atoms with E-state index >= 15 is 0 Å². The maximum absolute atomic E-state index is 11.8. The van der Waals surface area contributed by atoms with Gasteiger partial charge in [-0.3, -0.25) is 9.59 Å². The fourth-order valence-corrected chi connectivity index (χ4v) is 1.73. The molecule has 0 aliphatic rings. The van der Waals surface area contributed by atoms with Gasteiger partial charge in [-0.1, -0.05) is 13.3 Å². The number of rotatable bonds is 7. The smallest absolute Gasteiger partial charge is 0.323 e. The van der Waals surface area contributed by atoms with E-state index in [1.54, 1.807) is 13.8 Å². The van der Waals surface area contributed by atoms with Crippen molar-refractivity contribution in [2.45, 2.75) is 46.5 Å². The Bertz CT molecular complexity index is 324. The molecule has 0 aliphatic heterocycles. The molecular formula is C13H20O4. The molecule has 0 aromatic heterocycles. The van der Waals surface area contributed by atoms with Crippen LogP contribution in [0.5, 0.6) is 0 Å². The van der Waals surface area contributed by atoms with E-state index in [0.717, 1.165) is 0 Å². The molecule has 0 aromatic rings. The maximum atomic E-state index is 11.8. The molecule has 0 amide bonds. The molecule has 1 atom stereocenters. The third-order valence-electron chi connectivity index (χ3n) is 2.61. The number of hydrogen-bond acceptors (Lipinski definition) is 3. The second-order valence-corrected chi connectivity index (χ2v) is 3.78. The van der Waals surface area contributed by atoms with Crippen molar-refractivity contribution in [3.8, 4) is 11.8 Å². The molecular weight excluding hydrogens is 220 g/mol. The lowest BCUT2D eigenvalue weighted by molar-refractivity contribution is -0.169. The van der Waals surface area contributed by atoms with E-state index in [-0.39, 0.29) is 19.4 Å². The molecule has 0 radical (unpaired) electrons. The normalized spacial score (nSPS) is 13.1. The molecule has 96 valence electrons. The van der Waals surface area contributed by atoms with E-state index in [1.165, 1.54) is 0 Å². The standard InChI is InChI=1S/C13H20O4/c1-4-7-8-10-13(9-5-2,11(14)15)12(16)17-6-3/h5-6,8-10H2,1-3H3,(H,14,15). The number of carboxylic acid groups (broad SMARTS) is 1. The Kier molecular flexibility index (Phi) is 7.04. The van der Waals surface area contributed by atoms with Crippen LogP contribution < -0.4 is 0 Å². The van der Waals surface area contributed by atoms with Gasteiger partial charge in [0.1, 0.15) is 0 Å². The van der Waals surface area contributed by atoms with E-state index in [4.69, 9.17) is 4.74 Å². The van der Waals surface area contributed by atoms with Crippen LogP contribution in [0.2, 0.25) is 0 Å². The van der Waals surface area contributed by atoms with Gasteiger partial charge in [0.15, 0.2) is 5.41 Å². The van der Waals surface area contributed by atoms with Crippen LogP contribution in [-0.4, -0.2) is 23.7 Å². The summed E-state index contributed by atoms with van der Waals surface area (Å²) < 4.78 is 4.88. The number of hydrogen-bond donors (Lipinski definition) is 1. The van der Waals surface area contributed by atoms with Gasteiger partial charge >= 0.3 is 11.9 Å². The molecule has 0 heterocycles. The second-order valence-electron chi connectivity index (χ2n) is 3.78. The first-order chi connectivity index (χ1) is 8.05. The van der Waals surface area contributed by atoms with Gasteiger partial charge in [-0.2, -0.15) is 0 Å². The number of carbonyl (C=O) groups is 2. The van der Waals surface area contributed by atoms with Gasteiger partial charge in [0.2, 0.25) is 0 Å². The number of esters is 1. The molecule has 0 aliphatic carbocycles. The first-order valence-electron chi connectivity index (χ1n) is 5.85. The zero-order valence-corrected chi connectivity index (χ0v) is 10.7. The van der Waals surface area contributed by atoms with Gasteiger partial charge in [0.25, 0.3) is 0 Å². The number of carboxylic acids is 1. The lowest BCUT2D eigenvalue weighted by atomic mass is 9.79. The minimum Gasteiger partial charge on any atom is -0.480 e. The van der Waals surface area contributed by atoms with Crippen LogP contribution in [0.25, 0.3) is 0 Å². The van der Waals surface area contributed by atoms with Crippen LogP contribution >= 0.6 is 0 Å². The number of carbonyl (C=O) groups excluding carboxylic acids is 1. The summed E-state index contributed by atoms with van der Waals surface area (Å²) in [6.45, 7) is 5.40. The summed E-state index contributed by atoms with van der Waals surface area (Å²) in [6.07, 6.45) is 1.49. The van der Waals surface area contributed by atoms with Crippen LogP contribution in [-0.2, 0) is 14.3 Å². The van der Waals surface area contributed by atoms with Gasteiger partial charge in [0, 0.05) is 6.42 Å². The van der Waals surface area contributed by atoms with Gasteiger partial charge in [0.05, 0.1) is 6.61 Å². The predicted molar refractivity (Wildman–Crippen MR) is 64.3 cm³/mol. The van der Waals surface area contributed by atoms with Crippen molar-refractivity contribution in [1.82, 2.24) is 0 Å². The Balaban J connectivity index is 5.01. The summed E-state index contributed by atoms with van der Waals surface area (Å²) in [6, 6.07) is 0. The van der Waals surface area contributed by atoms with Crippen molar-refractivity contribution < 1.29 is 19.4 Å². The molecule has 0 bridgehead atoms. The van der Waals surface area contributed by atoms with Crippen LogP contribution in [0.4, 0.5) is 0 Å². The lowest BCUT2D eigenvalue weighted by Gasteiger charge is -2.25. The van der Waals surface area contributed by atoms with E-state index in [9.17, 15) is 14.7 Å². The molecule has 4 heteroatoms. The van der Waals surface area contributed by atoms with Crippen LogP contribution in [0.15, 0.2) is 0 Å². The highest BCUT2D eigenvalue weighted by Crippen LogP contribution is 2.32. The molecule has 17 heavy (non-hydrogen) atoms. The van der Waals surface area contributed by atoms with Crippen molar-refractivity contribution in [2.24, 2.45) is 5.41 Å². The average molecular weight is 240 g/mol. The monoisotopic (exact) mass is 240 g/mol. The summed E-state index contributed by atoms with van der Waals surface area (Å²) in [7, 11) is 0. The van der Waals surface area contributed by atoms with Crippen molar-refractivity contribution >= 4 is 11.9 Å². The van der Waals surface area contributed by atoms with Crippen molar-refractivity contribution in [3.63, 3.8) is 0 Å². The van der Waals surface area contributed by atoms with Crippen molar-refractivity contribution in [2.75, 3.05) is 6.61 Å². The maximum Gasteiger partial charge on any atom is 0.323 e. The first kappa shape index (κ1) is 15.5. The van der Waals surface area contributed by atoms with Gasteiger partial charge in [-0.15, -0.1) is 11.8 Å². The fraction of sp³-hybridized carbons (Fsp3) is 0.692. The third kappa shape index (κ3) is 4.10. The average Bonchev–Trinajstić information content (AvgIpc) is 2.28. The summed E-state index contributed by atoms with van der Waals surface area (Å²) in [5.41, 5.74) is -1.44. The molecule has 0 aromatic carbocycles. The van der Waals surface area contributed by atoms with Crippen LogP contribution in [0.3, 0.4) is 0 Å². The van der Waals surface area contributed by atoms with Crippen LogP contribution in [0.1, 0.15) is 46.5 Å². The van der Waals surface area contributed by atoms with Gasteiger partial charge < -0.3 is 9.84 Å². The fourth-order valence-electron chi connectivity index (χ4n) is 1.73. The lowest BCUT2D eigenvalue weighted by Crippen LogP contribution is -2.40. The molecule has 0 rings (SSSR count). The molecule has 1 N–H and O–H groups in total. The Labute approximate surface area is 102 Å². The minimum atomic E-state index is -1.44. The van der Waals surface area contributed by atoms with E-state index in [1.807, 2.05) is 6.92 Å². The van der Waals surface area contributed by atoms with Gasteiger partial charge in [-0.25, -0.2) is 0 Å².